The second-order valence-electron chi connectivity index (χ2n) is 3.97. The maximum atomic E-state index is 11.9. The van der Waals surface area contributed by atoms with E-state index in [1.165, 1.54) is 0 Å². The van der Waals surface area contributed by atoms with Gasteiger partial charge in [0.2, 0.25) is 0 Å². The van der Waals surface area contributed by atoms with Crippen LogP contribution in [-0.2, 0) is 0 Å². The van der Waals surface area contributed by atoms with Gasteiger partial charge < -0.3 is 15.6 Å². The Morgan fingerprint density at radius 3 is 2.56 bits per heavy atom. The number of hydrogen-bond acceptors (Lipinski definition) is 4. The van der Waals surface area contributed by atoms with Crippen molar-refractivity contribution in [2.75, 3.05) is 6.54 Å². The van der Waals surface area contributed by atoms with Gasteiger partial charge in [-0.15, -0.1) is 0 Å². The summed E-state index contributed by atoms with van der Waals surface area (Å²) in [6, 6.07) is 1.61. The van der Waals surface area contributed by atoms with Gasteiger partial charge in [0.25, 0.3) is 5.91 Å². The van der Waals surface area contributed by atoms with Crippen LogP contribution in [0.5, 0.6) is 0 Å². The maximum absolute atomic E-state index is 11.9. The number of hydrogen-bond donors (Lipinski definition) is 2. The van der Waals surface area contributed by atoms with Crippen LogP contribution in [0.2, 0.25) is 0 Å². The molecule has 3 N–H and O–H groups in total. The number of amides is 1. The van der Waals surface area contributed by atoms with E-state index in [1.807, 2.05) is 13.8 Å². The van der Waals surface area contributed by atoms with Crippen LogP contribution >= 0.6 is 0 Å². The van der Waals surface area contributed by atoms with E-state index in [0.717, 1.165) is 12.8 Å². The second kappa shape index (κ2) is 5.12. The van der Waals surface area contributed by atoms with Crippen molar-refractivity contribution >= 4 is 5.91 Å². The number of aromatic nitrogens is 1. The lowest BCUT2D eigenvalue weighted by atomic mass is 9.93. The van der Waals surface area contributed by atoms with Crippen molar-refractivity contribution in [3.05, 3.63) is 17.5 Å². The quantitative estimate of drug-likeness (QED) is 0.789. The van der Waals surface area contributed by atoms with Crippen molar-refractivity contribution in [2.45, 2.75) is 39.2 Å². The molecular weight excluding hydrogens is 206 g/mol. The van der Waals surface area contributed by atoms with Crippen LogP contribution < -0.4 is 11.1 Å². The normalized spacial score (nSPS) is 11.5. The first kappa shape index (κ1) is 12.7. The van der Waals surface area contributed by atoms with Crippen molar-refractivity contribution in [3.8, 4) is 0 Å². The van der Waals surface area contributed by atoms with E-state index in [2.05, 4.69) is 10.5 Å². The summed E-state index contributed by atoms with van der Waals surface area (Å²) in [4.78, 5) is 11.9. The monoisotopic (exact) mass is 225 g/mol. The van der Waals surface area contributed by atoms with Crippen LogP contribution in [0, 0.1) is 6.92 Å². The zero-order valence-electron chi connectivity index (χ0n) is 10.0. The Labute approximate surface area is 95.4 Å². The molecule has 1 rings (SSSR count). The summed E-state index contributed by atoms with van der Waals surface area (Å²) in [6.07, 6.45) is 1.59. The zero-order valence-corrected chi connectivity index (χ0v) is 10.0. The summed E-state index contributed by atoms with van der Waals surface area (Å²) in [6.45, 7) is 6.18. The minimum atomic E-state index is -0.343. The molecule has 0 bridgehead atoms. The van der Waals surface area contributed by atoms with E-state index < -0.39 is 0 Å². The van der Waals surface area contributed by atoms with Crippen LogP contribution in [0.3, 0.4) is 0 Å². The predicted octanol–water partition coefficient (Wildman–Crippen LogP) is 1.23. The Balaban J connectivity index is 2.76. The molecule has 0 aliphatic rings. The molecule has 1 aromatic heterocycles. The van der Waals surface area contributed by atoms with Crippen LogP contribution in [-0.4, -0.2) is 23.1 Å². The first-order valence-electron chi connectivity index (χ1n) is 5.52. The summed E-state index contributed by atoms with van der Waals surface area (Å²) in [5.41, 5.74) is 5.66. The van der Waals surface area contributed by atoms with E-state index in [0.29, 0.717) is 18.0 Å². The largest absolute Gasteiger partial charge is 0.361 e. The minimum absolute atomic E-state index is 0.231. The summed E-state index contributed by atoms with van der Waals surface area (Å²) in [7, 11) is 0. The fourth-order valence-electron chi connectivity index (χ4n) is 1.54. The third-order valence-corrected chi connectivity index (χ3v) is 2.98. The van der Waals surface area contributed by atoms with Crippen LogP contribution in [0.25, 0.3) is 0 Å². The van der Waals surface area contributed by atoms with Gasteiger partial charge in [0.05, 0.1) is 5.54 Å². The molecule has 0 aliphatic carbocycles. The Bertz CT molecular complexity index is 348. The number of rotatable bonds is 5. The third kappa shape index (κ3) is 2.61. The second-order valence-corrected chi connectivity index (χ2v) is 3.97. The molecule has 0 saturated carbocycles. The topological polar surface area (TPSA) is 81.1 Å². The number of carbonyl (C=O) groups is 1. The minimum Gasteiger partial charge on any atom is -0.361 e. The number of carbonyl (C=O) groups excluding carboxylic acids is 1. The molecule has 0 aromatic carbocycles. The number of nitrogens with two attached hydrogens (primary N) is 1. The molecule has 5 nitrogen and oxygen atoms in total. The molecule has 1 amide bonds. The van der Waals surface area contributed by atoms with Crippen molar-refractivity contribution in [1.29, 1.82) is 0 Å². The fourth-order valence-corrected chi connectivity index (χ4v) is 1.54. The van der Waals surface area contributed by atoms with Gasteiger partial charge in [-0.05, 0) is 19.8 Å². The summed E-state index contributed by atoms with van der Waals surface area (Å²) in [5, 5.41) is 6.60. The predicted molar refractivity (Wildman–Crippen MR) is 61.1 cm³/mol. The highest BCUT2D eigenvalue weighted by atomic mass is 16.5. The molecule has 0 saturated heterocycles. The highest BCUT2D eigenvalue weighted by Crippen LogP contribution is 2.14. The van der Waals surface area contributed by atoms with Crippen LogP contribution in [0.4, 0.5) is 0 Å². The van der Waals surface area contributed by atoms with Gasteiger partial charge in [-0.1, -0.05) is 19.0 Å². The molecule has 5 heteroatoms. The lowest BCUT2D eigenvalue weighted by Crippen LogP contribution is -2.52. The molecule has 1 heterocycles. The molecule has 0 aliphatic heterocycles. The standard InChI is InChI=1S/C11H19N3O2/c1-4-11(5-2,7-12)13-10(15)9-6-8(3)16-14-9/h6H,4-5,7,12H2,1-3H3,(H,13,15). The smallest absolute Gasteiger partial charge is 0.273 e. The van der Waals surface area contributed by atoms with Crippen molar-refractivity contribution in [2.24, 2.45) is 5.73 Å². The Morgan fingerprint density at radius 1 is 1.56 bits per heavy atom. The van der Waals surface area contributed by atoms with Gasteiger partial charge in [0, 0.05) is 12.6 Å². The summed E-state index contributed by atoms with van der Waals surface area (Å²) >= 11 is 0. The Morgan fingerprint density at radius 2 is 2.19 bits per heavy atom. The van der Waals surface area contributed by atoms with Crippen molar-refractivity contribution in [3.63, 3.8) is 0 Å². The first-order chi connectivity index (χ1) is 7.56. The van der Waals surface area contributed by atoms with Gasteiger partial charge in [-0.3, -0.25) is 4.79 Å². The van der Waals surface area contributed by atoms with Gasteiger partial charge >= 0.3 is 0 Å². The molecule has 16 heavy (non-hydrogen) atoms. The molecule has 0 spiro atoms. The van der Waals surface area contributed by atoms with Gasteiger partial charge in [0.15, 0.2) is 5.69 Å². The van der Waals surface area contributed by atoms with Crippen molar-refractivity contribution < 1.29 is 9.32 Å². The van der Waals surface area contributed by atoms with E-state index in [1.54, 1.807) is 13.0 Å². The maximum Gasteiger partial charge on any atom is 0.273 e. The Hall–Kier alpha value is -1.36. The molecule has 1 aromatic rings. The zero-order chi connectivity index (χ0) is 12.2. The third-order valence-electron chi connectivity index (χ3n) is 2.98. The van der Waals surface area contributed by atoms with Gasteiger partial charge in [-0.2, -0.15) is 0 Å². The highest BCUT2D eigenvalue weighted by Gasteiger charge is 2.27. The molecular formula is C11H19N3O2. The van der Waals surface area contributed by atoms with E-state index >= 15 is 0 Å². The first-order valence-corrected chi connectivity index (χ1v) is 5.52. The summed E-state index contributed by atoms with van der Waals surface area (Å²) in [5.74, 6) is 0.391. The molecule has 0 fully saturated rings. The SMILES string of the molecule is CCC(CC)(CN)NC(=O)c1cc(C)on1. The fraction of sp³-hybridized carbons (Fsp3) is 0.636. The van der Waals surface area contributed by atoms with Crippen LogP contribution in [0.15, 0.2) is 10.6 Å². The number of aryl methyl sites for hydroxylation is 1. The van der Waals surface area contributed by atoms with Gasteiger partial charge in [0.1, 0.15) is 5.76 Å². The number of nitrogens with one attached hydrogen (secondary N) is 1. The van der Waals surface area contributed by atoms with E-state index in [4.69, 9.17) is 10.3 Å². The lowest BCUT2D eigenvalue weighted by molar-refractivity contribution is 0.0886. The molecule has 0 unspecified atom stereocenters. The van der Waals surface area contributed by atoms with E-state index in [9.17, 15) is 4.79 Å². The van der Waals surface area contributed by atoms with Crippen molar-refractivity contribution in [1.82, 2.24) is 10.5 Å². The van der Waals surface area contributed by atoms with Crippen LogP contribution in [0.1, 0.15) is 42.9 Å². The Kier molecular flexibility index (Phi) is 4.06. The average Bonchev–Trinajstić information content (AvgIpc) is 2.73. The molecule has 0 atom stereocenters. The lowest BCUT2D eigenvalue weighted by Gasteiger charge is -2.30. The van der Waals surface area contributed by atoms with Gasteiger partial charge in [-0.25, -0.2) is 0 Å². The highest BCUT2D eigenvalue weighted by molar-refractivity contribution is 5.92. The molecule has 0 radical (unpaired) electrons. The number of nitrogens with zero attached hydrogens (tertiary/aromatic N) is 1. The molecule has 90 valence electrons. The average molecular weight is 225 g/mol. The van der Waals surface area contributed by atoms with E-state index in [-0.39, 0.29) is 11.4 Å². The summed E-state index contributed by atoms with van der Waals surface area (Å²) < 4.78 is 4.86.